The lowest BCUT2D eigenvalue weighted by Crippen LogP contribution is -2.17. The summed E-state index contributed by atoms with van der Waals surface area (Å²) in [5, 5.41) is 6.31. The Balaban J connectivity index is 1.87. The van der Waals surface area contributed by atoms with E-state index in [-0.39, 0.29) is 11.8 Å². The van der Waals surface area contributed by atoms with E-state index in [0.29, 0.717) is 32.5 Å². The zero-order valence-corrected chi connectivity index (χ0v) is 15.9. The quantitative estimate of drug-likeness (QED) is 0.582. The highest BCUT2D eigenvalue weighted by atomic mass is 35.5. The molecule has 3 aromatic carbocycles. The molecule has 2 amide bonds. The van der Waals surface area contributed by atoms with Gasteiger partial charge in [-0.15, -0.1) is 0 Å². The van der Waals surface area contributed by atoms with Crippen molar-refractivity contribution in [3.63, 3.8) is 0 Å². The van der Waals surface area contributed by atoms with Crippen molar-refractivity contribution in [2.75, 3.05) is 10.6 Å². The molecule has 136 valence electrons. The summed E-state index contributed by atoms with van der Waals surface area (Å²) in [5.41, 5.74) is 2.57. The van der Waals surface area contributed by atoms with Crippen LogP contribution in [0.25, 0.3) is 0 Å². The first kappa shape index (κ1) is 19.0. The van der Waals surface area contributed by atoms with Crippen molar-refractivity contribution in [1.82, 2.24) is 0 Å². The van der Waals surface area contributed by atoms with Gasteiger partial charge in [0.2, 0.25) is 0 Å². The van der Waals surface area contributed by atoms with Crippen molar-refractivity contribution in [3.05, 3.63) is 93.5 Å². The van der Waals surface area contributed by atoms with Gasteiger partial charge in [-0.2, -0.15) is 0 Å². The van der Waals surface area contributed by atoms with Gasteiger partial charge in [-0.25, -0.2) is 0 Å². The molecular formula is C21H16Cl2N2O2. The molecule has 0 saturated carbocycles. The topological polar surface area (TPSA) is 58.2 Å². The summed E-state index contributed by atoms with van der Waals surface area (Å²) in [4.78, 5) is 25.1. The summed E-state index contributed by atoms with van der Waals surface area (Å²) in [6, 6.07) is 18.9. The van der Waals surface area contributed by atoms with Crippen molar-refractivity contribution in [1.29, 1.82) is 0 Å². The number of carbonyl (C=O) groups excluding carboxylic acids is 2. The number of aryl methyl sites for hydroxylation is 1. The highest BCUT2D eigenvalue weighted by Gasteiger charge is 2.15. The van der Waals surface area contributed by atoms with Gasteiger partial charge in [0.05, 0.1) is 32.5 Å². The molecule has 2 N–H and O–H groups in total. The summed E-state index contributed by atoms with van der Waals surface area (Å²) in [6.45, 7) is 1.89. The Hall–Kier alpha value is -2.82. The van der Waals surface area contributed by atoms with Crippen LogP contribution in [0.1, 0.15) is 26.3 Å². The predicted octanol–water partition coefficient (Wildman–Crippen LogP) is 5.81. The number of carbonyl (C=O) groups is 2. The minimum absolute atomic E-state index is 0.350. The Bertz CT molecular complexity index is 1020. The second kappa shape index (κ2) is 8.25. The second-order valence-electron chi connectivity index (χ2n) is 5.92. The van der Waals surface area contributed by atoms with Crippen LogP contribution >= 0.6 is 23.2 Å². The zero-order chi connectivity index (χ0) is 19.4. The summed E-state index contributed by atoms with van der Waals surface area (Å²) in [7, 11) is 0. The first-order valence-corrected chi connectivity index (χ1v) is 8.93. The molecule has 0 radical (unpaired) electrons. The van der Waals surface area contributed by atoms with Gasteiger partial charge in [-0.05, 0) is 48.9 Å². The van der Waals surface area contributed by atoms with Gasteiger partial charge >= 0.3 is 0 Å². The number of anilines is 2. The second-order valence-corrected chi connectivity index (χ2v) is 6.73. The van der Waals surface area contributed by atoms with Crippen LogP contribution in [0.3, 0.4) is 0 Å². The summed E-state index contributed by atoms with van der Waals surface area (Å²) < 4.78 is 0. The standard InChI is InChI=1S/C21H16Cl2N2O2/c1-13-10-11-18(24-20(26)14-6-2-4-8-16(14)22)19(12-13)25-21(27)15-7-3-5-9-17(15)23/h2-12H,1H3,(H,24,26)(H,25,27). The molecule has 0 unspecified atom stereocenters. The minimum Gasteiger partial charge on any atom is -0.320 e. The predicted molar refractivity (Wildman–Crippen MR) is 110 cm³/mol. The molecule has 0 fully saturated rings. The molecular weight excluding hydrogens is 383 g/mol. The maximum absolute atomic E-state index is 12.6. The Morgan fingerprint density at radius 2 is 1.19 bits per heavy atom. The SMILES string of the molecule is Cc1ccc(NC(=O)c2ccccc2Cl)c(NC(=O)c2ccccc2Cl)c1. The van der Waals surface area contributed by atoms with E-state index >= 15 is 0 Å². The third kappa shape index (κ3) is 4.48. The Kier molecular flexibility index (Phi) is 5.79. The van der Waals surface area contributed by atoms with Gasteiger partial charge in [-0.1, -0.05) is 53.5 Å². The number of hydrogen-bond donors (Lipinski definition) is 2. The fraction of sp³-hybridized carbons (Fsp3) is 0.0476. The smallest absolute Gasteiger partial charge is 0.257 e. The van der Waals surface area contributed by atoms with Crippen LogP contribution in [0, 0.1) is 6.92 Å². The molecule has 0 bridgehead atoms. The van der Waals surface area contributed by atoms with Gasteiger partial charge in [0.1, 0.15) is 0 Å². The molecule has 3 rings (SSSR count). The molecule has 27 heavy (non-hydrogen) atoms. The van der Waals surface area contributed by atoms with Crippen molar-refractivity contribution in [2.24, 2.45) is 0 Å². The maximum atomic E-state index is 12.6. The average Bonchev–Trinajstić information content (AvgIpc) is 2.64. The lowest BCUT2D eigenvalue weighted by Gasteiger charge is -2.14. The molecule has 0 saturated heterocycles. The van der Waals surface area contributed by atoms with Crippen LogP contribution in [0.2, 0.25) is 10.0 Å². The van der Waals surface area contributed by atoms with Gasteiger partial charge < -0.3 is 10.6 Å². The summed E-state index contributed by atoms with van der Waals surface area (Å²) in [5.74, 6) is -0.725. The molecule has 0 aliphatic carbocycles. The Morgan fingerprint density at radius 3 is 1.70 bits per heavy atom. The molecule has 0 heterocycles. The van der Waals surface area contributed by atoms with Crippen molar-refractivity contribution >= 4 is 46.4 Å². The molecule has 3 aromatic rings. The van der Waals surface area contributed by atoms with Gasteiger partial charge in [-0.3, -0.25) is 9.59 Å². The van der Waals surface area contributed by atoms with Crippen LogP contribution < -0.4 is 10.6 Å². The van der Waals surface area contributed by atoms with Crippen LogP contribution in [-0.2, 0) is 0 Å². The largest absolute Gasteiger partial charge is 0.320 e. The number of amides is 2. The van der Waals surface area contributed by atoms with Crippen LogP contribution in [0.15, 0.2) is 66.7 Å². The Labute approximate surface area is 167 Å². The lowest BCUT2D eigenvalue weighted by atomic mass is 10.1. The van der Waals surface area contributed by atoms with E-state index in [1.807, 2.05) is 13.0 Å². The van der Waals surface area contributed by atoms with E-state index < -0.39 is 0 Å². The normalized spacial score (nSPS) is 10.3. The van der Waals surface area contributed by atoms with E-state index in [9.17, 15) is 9.59 Å². The molecule has 4 nitrogen and oxygen atoms in total. The molecule has 0 aliphatic rings. The van der Waals surface area contributed by atoms with E-state index in [1.165, 1.54) is 0 Å². The first-order valence-electron chi connectivity index (χ1n) is 8.18. The van der Waals surface area contributed by atoms with Gasteiger partial charge in [0.25, 0.3) is 11.8 Å². The number of hydrogen-bond acceptors (Lipinski definition) is 2. The van der Waals surface area contributed by atoms with Crippen LogP contribution in [0.5, 0.6) is 0 Å². The van der Waals surface area contributed by atoms with E-state index in [0.717, 1.165) is 5.56 Å². The Morgan fingerprint density at radius 1 is 0.704 bits per heavy atom. The molecule has 0 atom stereocenters. The van der Waals surface area contributed by atoms with E-state index in [1.54, 1.807) is 60.7 Å². The fourth-order valence-corrected chi connectivity index (χ4v) is 2.98. The van der Waals surface area contributed by atoms with Crippen molar-refractivity contribution in [2.45, 2.75) is 6.92 Å². The van der Waals surface area contributed by atoms with Crippen LogP contribution in [-0.4, -0.2) is 11.8 Å². The fourth-order valence-electron chi connectivity index (χ4n) is 2.54. The van der Waals surface area contributed by atoms with Crippen LogP contribution in [0.4, 0.5) is 11.4 Å². The first-order chi connectivity index (χ1) is 13.0. The molecule has 0 aromatic heterocycles. The summed E-state index contributed by atoms with van der Waals surface area (Å²) in [6.07, 6.45) is 0. The molecule has 0 aliphatic heterocycles. The van der Waals surface area contributed by atoms with Crippen molar-refractivity contribution in [3.8, 4) is 0 Å². The number of rotatable bonds is 4. The molecule has 0 spiro atoms. The zero-order valence-electron chi connectivity index (χ0n) is 14.4. The highest BCUT2D eigenvalue weighted by Crippen LogP contribution is 2.26. The number of halogens is 2. The monoisotopic (exact) mass is 398 g/mol. The van der Waals surface area contributed by atoms with Gasteiger partial charge in [0, 0.05) is 0 Å². The average molecular weight is 399 g/mol. The maximum Gasteiger partial charge on any atom is 0.257 e. The van der Waals surface area contributed by atoms with Crippen molar-refractivity contribution < 1.29 is 9.59 Å². The highest BCUT2D eigenvalue weighted by molar-refractivity contribution is 6.35. The van der Waals surface area contributed by atoms with Gasteiger partial charge in [0.15, 0.2) is 0 Å². The van der Waals surface area contributed by atoms with E-state index in [4.69, 9.17) is 23.2 Å². The summed E-state index contributed by atoms with van der Waals surface area (Å²) >= 11 is 12.2. The molecule has 6 heteroatoms. The number of benzene rings is 3. The number of nitrogens with one attached hydrogen (secondary N) is 2. The third-order valence-corrected chi connectivity index (χ3v) is 4.57. The van der Waals surface area contributed by atoms with E-state index in [2.05, 4.69) is 10.6 Å². The third-order valence-electron chi connectivity index (χ3n) is 3.91. The lowest BCUT2D eigenvalue weighted by molar-refractivity contribution is 0.101. The minimum atomic E-state index is -0.363.